The van der Waals surface area contributed by atoms with E-state index in [1.165, 1.54) is 6.07 Å². The lowest BCUT2D eigenvalue weighted by molar-refractivity contribution is 0.612. The number of nitrogens with zero attached hydrogens (tertiary/aromatic N) is 5. The molecule has 3 aromatic heterocycles. The van der Waals surface area contributed by atoms with Crippen LogP contribution in [0.25, 0.3) is 5.65 Å². The van der Waals surface area contributed by atoms with Gasteiger partial charge in [-0.2, -0.15) is 0 Å². The number of guanidine groups is 1. The normalized spacial score (nSPS) is 16.4. The molecule has 3 aromatic rings. The third-order valence-corrected chi connectivity index (χ3v) is 5.28. The largest absolute Gasteiger partial charge is 0.357 e. The van der Waals surface area contributed by atoms with Crippen LogP contribution in [0.1, 0.15) is 24.6 Å². The Labute approximate surface area is 199 Å². The molecule has 1 aliphatic heterocycles. The summed E-state index contributed by atoms with van der Waals surface area (Å²) in [5, 5.41) is 6.78. The number of nitrogens with one attached hydrogen (secondary N) is 2. The maximum absolute atomic E-state index is 14.0. The number of aryl methyl sites for hydroxylation is 1. The van der Waals surface area contributed by atoms with E-state index >= 15 is 0 Å². The van der Waals surface area contributed by atoms with Crippen molar-refractivity contribution in [3.8, 4) is 0 Å². The molecule has 7 nitrogen and oxygen atoms in total. The maximum atomic E-state index is 14.0. The molecule has 0 aromatic carbocycles. The maximum Gasteiger partial charge on any atom is 0.191 e. The molecule has 0 saturated carbocycles. The summed E-state index contributed by atoms with van der Waals surface area (Å²) in [5.74, 6) is 0.929. The van der Waals surface area contributed by atoms with Crippen molar-refractivity contribution in [2.75, 3.05) is 31.1 Å². The highest BCUT2D eigenvalue weighted by Gasteiger charge is 2.25. The quantitative estimate of drug-likeness (QED) is 0.287. The molecule has 1 aliphatic rings. The van der Waals surface area contributed by atoms with Crippen molar-refractivity contribution in [2.45, 2.75) is 32.7 Å². The van der Waals surface area contributed by atoms with Gasteiger partial charge in [0.15, 0.2) is 17.6 Å². The Kier molecular flexibility index (Phi) is 8.05. The van der Waals surface area contributed by atoms with Gasteiger partial charge in [0.05, 0.1) is 5.69 Å². The molecule has 0 spiro atoms. The van der Waals surface area contributed by atoms with Gasteiger partial charge in [0.2, 0.25) is 0 Å². The van der Waals surface area contributed by atoms with Crippen molar-refractivity contribution >= 4 is 41.4 Å². The Morgan fingerprint density at radius 3 is 2.97 bits per heavy atom. The zero-order valence-corrected chi connectivity index (χ0v) is 20.2. The standard InChI is InChI=1S/C22H28FN7.HI/c1-3-24-22(26-11-8-17-14-29-12-5-6-16(2)20(29)27-17)28-18-9-13-30(15-18)21-19(23)7-4-10-25-21;/h4-7,10,12,14,18H,3,8-9,11,13,15H2,1-2H3,(H2,24,26,28);1H. The van der Waals surface area contributed by atoms with Gasteiger partial charge in [-0.25, -0.2) is 14.4 Å². The molecule has 1 unspecified atom stereocenters. The van der Waals surface area contributed by atoms with Gasteiger partial charge >= 0.3 is 0 Å². The smallest absolute Gasteiger partial charge is 0.191 e. The minimum atomic E-state index is -0.276. The molecule has 4 rings (SSSR count). The summed E-state index contributed by atoms with van der Waals surface area (Å²) in [4.78, 5) is 15.6. The average molecular weight is 537 g/mol. The van der Waals surface area contributed by atoms with Crippen LogP contribution in [0.15, 0.2) is 47.8 Å². The topological polar surface area (TPSA) is 69.8 Å². The lowest BCUT2D eigenvalue weighted by Gasteiger charge is -2.19. The third-order valence-electron chi connectivity index (χ3n) is 5.28. The lowest BCUT2D eigenvalue weighted by atomic mass is 10.3. The van der Waals surface area contributed by atoms with E-state index in [1.807, 2.05) is 24.1 Å². The third kappa shape index (κ3) is 5.63. The second-order valence-corrected chi connectivity index (χ2v) is 7.55. The van der Waals surface area contributed by atoms with Gasteiger partial charge < -0.3 is 19.9 Å². The lowest BCUT2D eigenvalue weighted by Crippen LogP contribution is -2.44. The molecule has 4 heterocycles. The number of anilines is 1. The molecular weight excluding hydrogens is 508 g/mol. The molecule has 9 heteroatoms. The van der Waals surface area contributed by atoms with Crippen molar-refractivity contribution in [1.29, 1.82) is 0 Å². The fraction of sp³-hybridized carbons (Fsp3) is 0.409. The van der Waals surface area contributed by atoms with Gasteiger partial charge in [0.25, 0.3) is 0 Å². The SMILES string of the molecule is CCNC(=NCCc1cn2cccc(C)c2n1)NC1CCN(c2ncccc2F)C1.I. The molecule has 1 atom stereocenters. The van der Waals surface area contributed by atoms with Crippen molar-refractivity contribution in [2.24, 2.45) is 4.99 Å². The molecule has 2 N–H and O–H groups in total. The number of rotatable bonds is 6. The molecule has 166 valence electrons. The van der Waals surface area contributed by atoms with Crippen LogP contribution in [0.4, 0.5) is 10.2 Å². The summed E-state index contributed by atoms with van der Waals surface area (Å²) >= 11 is 0. The number of halogens is 2. The molecular formula is C22H29FIN7. The summed E-state index contributed by atoms with van der Waals surface area (Å²) in [6.45, 7) is 7.01. The number of imidazole rings is 1. The second kappa shape index (κ2) is 10.7. The first kappa shape index (κ1) is 23.2. The first-order chi connectivity index (χ1) is 14.6. The predicted molar refractivity (Wildman–Crippen MR) is 133 cm³/mol. The molecule has 0 bridgehead atoms. The molecule has 0 amide bonds. The van der Waals surface area contributed by atoms with E-state index in [0.29, 0.717) is 18.9 Å². The predicted octanol–water partition coefficient (Wildman–Crippen LogP) is 3.17. The van der Waals surface area contributed by atoms with E-state index in [-0.39, 0.29) is 35.8 Å². The molecule has 1 saturated heterocycles. The van der Waals surface area contributed by atoms with Crippen LogP contribution in [0.2, 0.25) is 0 Å². The van der Waals surface area contributed by atoms with Crippen molar-refractivity contribution < 1.29 is 4.39 Å². The highest BCUT2D eigenvalue weighted by atomic mass is 127. The van der Waals surface area contributed by atoms with Crippen molar-refractivity contribution in [1.82, 2.24) is 25.0 Å². The first-order valence-electron chi connectivity index (χ1n) is 10.5. The fourth-order valence-electron chi connectivity index (χ4n) is 3.80. The van der Waals surface area contributed by atoms with Crippen LogP contribution in [-0.2, 0) is 6.42 Å². The van der Waals surface area contributed by atoms with Crippen molar-refractivity contribution in [3.63, 3.8) is 0 Å². The summed E-state index contributed by atoms with van der Waals surface area (Å²) < 4.78 is 16.1. The fourth-order valence-corrected chi connectivity index (χ4v) is 3.80. The summed E-state index contributed by atoms with van der Waals surface area (Å²) in [7, 11) is 0. The number of hydrogen-bond donors (Lipinski definition) is 2. The van der Waals surface area contributed by atoms with E-state index in [9.17, 15) is 4.39 Å². The van der Waals surface area contributed by atoms with E-state index in [0.717, 1.165) is 48.8 Å². The number of aromatic nitrogens is 3. The molecule has 31 heavy (non-hydrogen) atoms. The Morgan fingerprint density at radius 2 is 2.19 bits per heavy atom. The number of hydrogen-bond acceptors (Lipinski definition) is 4. The molecule has 0 aliphatic carbocycles. The van der Waals surface area contributed by atoms with Gasteiger partial charge in [0, 0.05) is 57.2 Å². The number of aliphatic imine (C=N–C) groups is 1. The van der Waals surface area contributed by atoms with Gasteiger partial charge in [-0.15, -0.1) is 24.0 Å². The second-order valence-electron chi connectivity index (χ2n) is 7.55. The Bertz CT molecular complexity index is 1040. The van der Waals surface area contributed by atoms with Gasteiger partial charge in [0.1, 0.15) is 5.65 Å². The van der Waals surface area contributed by atoms with E-state index in [1.54, 1.807) is 12.3 Å². The molecule has 0 radical (unpaired) electrons. The zero-order valence-electron chi connectivity index (χ0n) is 17.9. The Hall–Kier alpha value is -2.43. The highest BCUT2D eigenvalue weighted by molar-refractivity contribution is 14.0. The average Bonchev–Trinajstić information content (AvgIpc) is 3.36. The van der Waals surface area contributed by atoms with E-state index in [2.05, 4.69) is 39.2 Å². The summed E-state index contributed by atoms with van der Waals surface area (Å²) in [5.41, 5.74) is 3.19. The van der Waals surface area contributed by atoms with Crippen LogP contribution < -0.4 is 15.5 Å². The first-order valence-corrected chi connectivity index (χ1v) is 10.5. The molecule has 1 fully saturated rings. The van der Waals surface area contributed by atoms with Gasteiger partial charge in [-0.1, -0.05) is 6.07 Å². The summed E-state index contributed by atoms with van der Waals surface area (Å²) in [6.07, 6.45) is 7.39. The van der Waals surface area contributed by atoms with Gasteiger partial charge in [-0.05, 0) is 44.0 Å². The van der Waals surface area contributed by atoms with Crippen LogP contribution in [-0.4, -0.2) is 52.5 Å². The monoisotopic (exact) mass is 537 g/mol. The summed E-state index contributed by atoms with van der Waals surface area (Å²) in [6, 6.07) is 7.36. The van der Waals surface area contributed by atoms with Crippen LogP contribution in [0.3, 0.4) is 0 Å². The van der Waals surface area contributed by atoms with Crippen LogP contribution in [0.5, 0.6) is 0 Å². The van der Waals surface area contributed by atoms with E-state index < -0.39 is 0 Å². The van der Waals surface area contributed by atoms with Crippen LogP contribution in [0, 0.1) is 12.7 Å². The minimum absolute atomic E-state index is 0. The Balaban J connectivity index is 0.00000272. The zero-order chi connectivity index (χ0) is 20.9. The Morgan fingerprint density at radius 1 is 1.32 bits per heavy atom. The van der Waals surface area contributed by atoms with Crippen molar-refractivity contribution in [3.05, 3.63) is 59.9 Å². The van der Waals surface area contributed by atoms with Crippen LogP contribution >= 0.6 is 24.0 Å². The number of fused-ring (bicyclic) bond motifs is 1. The van der Waals surface area contributed by atoms with E-state index in [4.69, 9.17) is 9.98 Å². The minimum Gasteiger partial charge on any atom is -0.357 e. The number of pyridine rings is 2. The van der Waals surface area contributed by atoms with Gasteiger partial charge in [-0.3, -0.25) is 4.99 Å². The highest BCUT2D eigenvalue weighted by Crippen LogP contribution is 2.20.